The van der Waals surface area contributed by atoms with Crippen molar-refractivity contribution in [2.24, 2.45) is 10.9 Å². The summed E-state index contributed by atoms with van der Waals surface area (Å²) < 4.78 is 0. The first kappa shape index (κ1) is 19.9. The van der Waals surface area contributed by atoms with Crippen molar-refractivity contribution in [1.82, 2.24) is 10.3 Å². The summed E-state index contributed by atoms with van der Waals surface area (Å²) >= 11 is 4.06. The molecule has 2 atom stereocenters. The smallest absolute Gasteiger partial charge is 0.326 e. The van der Waals surface area contributed by atoms with E-state index >= 15 is 0 Å². The fourth-order valence-corrected chi connectivity index (χ4v) is 3.15. The lowest BCUT2D eigenvalue weighted by Gasteiger charge is -2.25. The number of carbonyl (C=O) groups excluding carboxylic acids is 1. The molecule has 1 aromatic carbocycles. The van der Waals surface area contributed by atoms with E-state index in [1.165, 1.54) is 0 Å². The van der Waals surface area contributed by atoms with Gasteiger partial charge in [-0.25, -0.2) is 4.79 Å². The van der Waals surface area contributed by atoms with Gasteiger partial charge in [0.25, 0.3) is 5.91 Å². The van der Waals surface area contributed by atoms with Crippen LogP contribution in [0.2, 0.25) is 0 Å². The van der Waals surface area contributed by atoms with Crippen LogP contribution in [0.15, 0.2) is 35.6 Å². The maximum absolute atomic E-state index is 12.6. The van der Waals surface area contributed by atoms with Gasteiger partial charge in [0.1, 0.15) is 6.04 Å². The second kappa shape index (κ2) is 8.81. The molecule has 0 bridgehead atoms. The number of thiol groups is 1. The van der Waals surface area contributed by atoms with E-state index in [0.29, 0.717) is 6.42 Å². The van der Waals surface area contributed by atoms with Crippen LogP contribution in [0.1, 0.15) is 18.4 Å². The summed E-state index contributed by atoms with van der Waals surface area (Å²) in [4.78, 5) is 38.6. The molecule has 0 aliphatic carbocycles. The predicted octanol–water partition coefficient (Wildman–Crippen LogP) is 1.45. The van der Waals surface area contributed by atoms with Gasteiger partial charge < -0.3 is 21.1 Å². The van der Waals surface area contributed by atoms with Crippen LogP contribution in [0, 0.1) is 4.91 Å². The maximum atomic E-state index is 12.6. The van der Waals surface area contributed by atoms with Gasteiger partial charge in [-0.3, -0.25) is 4.79 Å². The number of nitrogens with one attached hydrogen (secondary N) is 2. The van der Waals surface area contributed by atoms with Crippen molar-refractivity contribution in [3.8, 4) is 0 Å². The first-order valence-corrected chi connectivity index (χ1v) is 8.85. The number of rotatable bonds is 10. The zero-order valence-corrected chi connectivity index (χ0v) is 15.0. The van der Waals surface area contributed by atoms with Crippen LogP contribution >= 0.6 is 12.6 Å². The maximum Gasteiger partial charge on any atom is 0.326 e. The first-order chi connectivity index (χ1) is 12.5. The van der Waals surface area contributed by atoms with Crippen molar-refractivity contribution in [2.45, 2.75) is 30.8 Å². The molecular formula is C17H22N4O4S. The Bertz CT molecular complexity index is 794. The Hall–Kier alpha value is -2.39. The van der Waals surface area contributed by atoms with Gasteiger partial charge in [0.15, 0.2) is 5.54 Å². The molecule has 140 valence electrons. The predicted molar refractivity (Wildman–Crippen MR) is 102 cm³/mol. The van der Waals surface area contributed by atoms with Gasteiger partial charge in [-0.2, -0.15) is 12.6 Å². The number of carboxylic acids is 1. The second-order valence-electron chi connectivity index (χ2n) is 6.10. The van der Waals surface area contributed by atoms with Crippen molar-refractivity contribution in [2.75, 3.05) is 12.3 Å². The van der Waals surface area contributed by atoms with Gasteiger partial charge in [0.05, 0.1) is 0 Å². The van der Waals surface area contributed by atoms with E-state index in [1.807, 2.05) is 24.3 Å². The van der Waals surface area contributed by atoms with Gasteiger partial charge in [-0.15, -0.1) is 4.91 Å². The molecule has 8 nitrogen and oxygen atoms in total. The van der Waals surface area contributed by atoms with E-state index < -0.39 is 23.5 Å². The number of aromatic nitrogens is 1. The molecule has 0 radical (unpaired) electrons. The minimum atomic E-state index is -1.63. The average molecular weight is 378 g/mol. The van der Waals surface area contributed by atoms with E-state index in [4.69, 9.17) is 5.73 Å². The Kier molecular flexibility index (Phi) is 6.76. The highest BCUT2D eigenvalue weighted by Gasteiger charge is 2.40. The lowest BCUT2D eigenvalue weighted by molar-refractivity contribution is -0.142. The third-order valence-corrected chi connectivity index (χ3v) is 4.88. The van der Waals surface area contributed by atoms with E-state index in [9.17, 15) is 19.6 Å². The Morgan fingerprint density at radius 3 is 2.73 bits per heavy atom. The number of nitrogens with zero attached hydrogens (tertiary/aromatic N) is 1. The van der Waals surface area contributed by atoms with Crippen LogP contribution in [-0.4, -0.2) is 45.8 Å². The molecule has 1 amide bonds. The second-order valence-corrected chi connectivity index (χ2v) is 6.42. The zero-order valence-electron chi connectivity index (χ0n) is 14.1. The number of nitrogens with two attached hydrogens (primary N) is 1. The van der Waals surface area contributed by atoms with Gasteiger partial charge in [0, 0.05) is 29.3 Å². The topological polar surface area (TPSA) is 138 Å². The van der Waals surface area contributed by atoms with E-state index in [2.05, 4.69) is 28.1 Å². The van der Waals surface area contributed by atoms with Crippen molar-refractivity contribution in [1.29, 1.82) is 0 Å². The molecule has 26 heavy (non-hydrogen) atoms. The first-order valence-electron chi connectivity index (χ1n) is 8.21. The molecule has 0 saturated carbocycles. The van der Waals surface area contributed by atoms with E-state index in [-0.39, 0.29) is 25.1 Å². The Morgan fingerprint density at radius 2 is 2.12 bits per heavy atom. The number of H-pyrrole nitrogens is 1. The number of amides is 1. The molecule has 1 aromatic heterocycles. The summed E-state index contributed by atoms with van der Waals surface area (Å²) in [6, 6.07) is 6.27. The van der Waals surface area contributed by atoms with Crippen LogP contribution in [-0.2, 0) is 16.0 Å². The Labute approximate surface area is 155 Å². The normalized spacial score (nSPS) is 14.5. The number of carboxylic acid groups (broad SMARTS) is 1. The van der Waals surface area contributed by atoms with Crippen LogP contribution in [0.5, 0.6) is 0 Å². The number of benzene rings is 1. The molecular weight excluding hydrogens is 356 g/mol. The van der Waals surface area contributed by atoms with Gasteiger partial charge in [-0.05, 0) is 31.0 Å². The third kappa shape index (κ3) is 4.23. The standard InChI is InChI=1S/C17H22N4O4S/c18-7-3-6-17(10-26,21-25)16(24)20-14(15(22)23)8-11-9-19-13-5-2-1-4-12(11)13/h1-2,4-5,9,14,19,26H,3,6-8,10,18H2,(H,20,24)(H,22,23)/t14-,17?/m0/s1. The average Bonchev–Trinajstić information content (AvgIpc) is 3.05. The minimum Gasteiger partial charge on any atom is -0.480 e. The molecule has 0 fully saturated rings. The molecule has 0 aliphatic heterocycles. The van der Waals surface area contributed by atoms with Crippen LogP contribution < -0.4 is 11.1 Å². The molecule has 2 aromatic rings. The largest absolute Gasteiger partial charge is 0.480 e. The lowest BCUT2D eigenvalue weighted by atomic mass is 9.94. The molecule has 0 aliphatic rings. The highest BCUT2D eigenvalue weighted by molar-refractivity contribution is 7.80. The van der Waals surface area contributed by atoms with Crippen LogP contribution in [0.3, 0.4) is 0 Å². The van der Waals surface area contributed by atoms with Crippen LogP contribution in [0.25, 0.3) is 10.9 Å². The van der Waals surface area contributed by atoms with Gasteiger partial charge in [-0.1, -0.05) is 23.4 Å². The van der Waals surface area contributed by atoms with Crippen LogP contribution in [0.4, 0.5) is 0 Å². The number of para-hydroxylation sites is 1. The molecule has 0 spiro atoms. The number of hydrogen-bond donors (Lipinski definition) is 5. The molecule has 5 N–H and O–H groups in total. The number of fused-ring (bicyclic) bond motifs is 1. The molecule has 1 unspecified atom stereocenters. The Morgan fingerprint density at radius 1 is 1.38 bits per heavy atom. The number of aliphatic carboxylic acids is 1. The van der Waals surface area contributed by atoms with Crippen molar-refractivity contribution in [3.63, 3.8) is 0 Å². The number of aromatic amines is 1. The summed E-state index contributed by atoms with van der Waals surface area (Å²) in [7, 11) is 0. The van der Waals surface area contributed by atoms with E-state index in [0.717, 1.165) is 16.5 Å². The quantitative estimate of drug-likeness (QED) is 0.315. The Balaban J connectivity index is 2.20. The number of hydrogen-bond acceptors (Lipinski definition) is 6. The summed E-state index contributed by atoms with van der Waals surface area (Å²) in [5.41, 5.74) is 5.44. The summed E-state index contributed by atoms with van der Waals surface area (Å²) in [6.07, 6.45) is 2.30. The van der Waals surface area contributed by atoms with Gasteiger partial charge in [0.2, 0.25) is 0 Å². The zero-order chi connectivity index (χ0) is 19.2. The fourth-order valence-electron chi connectivity index (χ4n) is 2.79. The summed E-state index contributed by atoms with van der Waals surface area (Å²) in [6.45, 7) is 0.288. The summed E-state index contributed by atoms with van der Waals surface area (Å²) in [5.74, 6) is -2.06. The molecule has 1 heterocycles. The van der Waals surface area contributed by atoms with Crippen molar-refractivity contribution in [3.05, 3.63) is 40.9 Å². The highest BCUT2D eigenvalue weighted by Crippen LogP contribution is 2.22. The number of carbonyl (C=O) groups is 2. The SMILES string of the molecule is NCCCC(CS)(N=O)C(=O)N[C@@H](Cc1c[nH]c2ccccc12)C(=O)O. The van der Waals surface area contributed by atoms with Crippen molar-refractivity contribution < 1.29 is 14.7 Å². The third-order valence-electron chi connectivity index (χ3n) is 4.36. The fraction of sp³-hybridized carbons (Fsp3) is 0.412. The summed E-state index contributed by atoms with van der Waals surface area (Å²) in [5, 5.41) is 15.8. The monoisotopic (exact) mass is 378 g/mol. The highest BCUT2D eigenvalue weighted by atomic mass is 32.1. The molecule has 9 heteroatoms. The van der Waals surface area contributed by atoms with Crippen molar-refractivity contribution >= 4 is 35.4 Å². The van der Waals surface area contributed by atoms with Gasteiger partial charge >= 0.3 is 5.97 Å². The lowest BCUT2D eigenvalue weighted by Crippen LogP contribution is -2.53. The molecule has 2 rings (SSSR count). The minimum absolute atomic E-state index is 0.0729. The molecule has 0 saturated heterocycles. The van der Waals surface area contributed by atoms with E-state index in [1.54, 1.807) is 6.20 Å². The number of nitroso groups, excluding NO2 is 1.